The molecule has 2 amide bonds. The van der Waals surface area contributed by atoms with E-state index < -0.39 is 0 Å². The first-order chi connectivity index (χ1) is 12.3. The number of nitrogens with one attached hydrogen (secondary N) is 2. The standard InChI is InChI=1S/C21H25N3O2/c1-14-5-7-18(8-6-14)13-22-24-20(26)10-9-19(25)23-21-16(3)11-15(2)12-17(21)4/h5-8,11-13H,9-10H2,1-4H3,(H,23,25)(H,24,26)/b22-13-. The maximum absolute atomic E-state index is 12.1. The van der Waals surface area contributed by atoms with Gasteiger partial charge >= 0.3 is 0 Å². The van der Waals surface area contributed by atoms with Gasteiger partial charge in [-0.05, 0) is 44.4 Å². The Morgan fingerprint density at radius 2 is 1.46 bits per heavy atom. The van der Waals surface area contributed by atoms with Gasteiger partial charge in [-0.15, -0.1) is 0 Å². The quantitative estimate of drug-likeness (QED) is 0.614. The number of hydrogen-bond donors (Lipinski definition) is 2. The molecule has 2 rings (SSSR count). The van der Waals surface area contributed by atoms with Gasteiger partial charge in [0.2, 0.25) is 11.8 Å². The van der Waals surface area contributed by atoms with Crippen LogP contribution in [0.2, 0.25) is 0 Å². The molecule has 136 valence electrons. The SMILES string of the molecule is Cc1ccc(/C=N\NC(=O)CCC(=O)Nc2c(C)cc(C)cc2C)cc1. The number of hydrogen-bond acceptors (Lipinski definition) is 3. The molecule has 2 aromatic carbocycles. The van der Waals surface area contributed by atoms with Crippen molar-refractivity contribution in [1.82, 2.24) is 5.43 Å². The number of benzene rings is 2. The average Bonchev–Trinajstić information content (AvgIpc) is 2.58. The van der Waals surface area contributed by atoms with E-state index in [0.29, 0.717) is 0 Å². The summed E-state index contributed by atoms with van der Waals surface area (Å²) in [5.41, 5.74) is 8.52. The zero-order valence-corrected chi connectivity index (χ0v) is 15.7. The molecule has 2 N–H and O–H groups in total. The van der Waals surface area contributed by atoms with Crippen LogP contribution in [0.1, 0.15) is 40.7 Å². The zero-order valence-electron chi connectivity index (χ0n) is 15.7. The summed E-state index contributed by atoms with van der Waals surface area (Å²) in [4.78, 5) is 23.9. The number of aryl methyl sites for hydroxylation is 4. The summed E-state index contributed by atoms with van der Waals surface area (Å²) in [5.74, 6) is -0.474. The monoisotopic (exact) mass is 351 g/mol. The lowest BCUT2D eigenvalue weighted by Gasteiger charge is -2.12. The van der Waals surface area contributed by atoms with Gasteiger partial charge in [0.25, 0.3) is 0 Å². The van der Waals surface area contributed by atoms with E-state index in [1.54, 1.807) is 6.21 Å². The molecule has 0 atom stereocenters. The molecule has 0 bridgehead atoms. The zero-order chi connectivity index (χ0) is 19.1. The lowest BCUT2D eigenvalue weighted by molar-refractivity contribution is -0.124. The first-order valence-electron chi connectivity index (χ1n) is 8.61. The fraction of sp³-hybridized carbons (Fsp3) is 0.286. The van der Waals surface area contributed by atoms with Crippen LogP contribution in [0.3, 0.4) is 0 Å². The van der Waals surface area contributed by atoms with Crippen molar-refractivity contribution in [3.8, 4) is 0 Å². The molecule has 0 aliphatic rings. The van der Waals surface area contributed by atoms with Gasteiger partial charge in [0.15, 0.2) is 0 Å². The van der Waals surface area contributed by atoms with Crippen molar-refractivity contribution >= 4 is 23.7 Å². The van der Waals surface area contributed by atoms with E-state index in [2.05, 4.69) is 15.8 Å². The molecule has 0 saturated carbocycles. The smallest absolute Gasteiger partial charge is 0.240 e. The molecule has 2 aromatic rings. The molecule has 26 heavy (non-hydrogen) atoms. The summed E-state index contributed by atoms with van der Waals surface area (Å²) in [5, 5.41) is 6.81. The largest absolute Gasteiger partial charge is 0.326 e. The number of hydrazone groups is 1. The van der Waals surface area contributed by atoms with Crippen molar-refractivity contribution in [1.29, 1.82) is 0 Å². The van der Waals surface area contributed by atoms with Gasteiger partial charge in [-0.1, -0.05) is 47.5 Å². The molecule has 0 aliphatic heterocycles. The Balaban J connectivity index is 1.80. The van der Waals surface area contributed by atoms with Crippen molar-refractivity contribution in [2.75, 3.05) is 5.32 Å². The van der Waals surface area contributed by atoms with Gasteiger partial charge in [-0.25, -0.2) is 5.43 Å². The molecule has 5 nitrogen and oxygen atoms in total. The van der Waals surface area contributed by atoms with Crippen molar-refractivity contribution in [3.63, 3.8) is 0 Å². The summed E-state index contributed by atoms with van der Waals surface area (Å²) in [6.45, 7) is 7.95. The van der Waals surface area contributed by atoms with E-state index >= 15 is 0 Å². The Morgan fingerprint density at radius 1 is 0.885 bits per heavy atom. The van der Waals surface area contributed by atoms with E-state index in [9.17, 15) is 9.59 Å². The third kappa shape index (κ3) is 5.84. The molecule has 0 aliphatic carbocycles. The first kappa shape index (κ1) is 19.4. The minimum atomic E-state index is -0.291. The van der Waals surface area contributed by atoms with Gasteiger partial charge in [0, 0.05) is 18.5 Å². The normalized spacial score (nSPS) is 10.8. The van der Waals surface area contributed by atoms with Crippen LogP contribution in [0.15, 0.2) is 41.5 Å². The molecule has 0 heterocycles. The second-order valence-electron chi connectivity index (χ2n) is 6.53. The predicted octanol–water partition coefficient (Wildman–Crippen LogP) is 3.79. The highest BCUT2D eigenvalue weighted by Crippen LogP contribution is 2.22. The highest BCUT2D eigenvalue weighted by molar-refractivity contribution is 5.94. The van der Waals surface area contributed by atoms with Crippen molar-refractivity contribution in [2.45, 2.75) is 40.5 Å². The van der Waals surface area contributed by atoms with Gasteiger partial charge in [0.1, 0.15) is 0 Å². The third-order valence-corrected chi connectivity index (χ3v) is 4.00. The first-order valence-corrected chi connectivity index (χ1v) is 8.61. The van der Waals surface area contributed by atoms with Crippen molar-refractivity contribution in [3.05, 3.63) is 64.2 Å². The van der Waals surface area contributed by atoms with Gasteiger partial charge < -0.3 is 5.32 Å². The van der Waals surface area contributed by atoms with E-state index in [1.165, 1.54) is 0 Å². The second kappa shape index (κ2) is 8.94. The van der Waals surface area contributed by atoms with E-state index in [4.69, 9.17) is 0 Å². The van der Waals surface area contributed by atoms with Gasteiger partial charge in [0.05, 0.1) is 6.21 Å². The summed E-state index contributed by atoms with van der Waals surface area (Å²) >= 11 is 0. The van der Waals surface area contributed by atoms with Gasteiger partial charge in [-0.3, -0.25) is 9.59 Å². The topological polar surface area (TPSA) is 70.6 Å². The second-order valence-corrected chi connectivity index (χ2v) is 6.53. The molecular formula is C21H25N3O2. The summed E-state index contributed by atoms with van der Waals surface area (Å²) in [6, 6.07) is 11.8. The third-order valence-electron chi connectivity index (χ3n) is 4.00. The van der Waals surface area contributed by atoms with Crippen LogP contribution >= 0.6 is 0 Å². The molecule has 0 spiro atoms. The lowest BCUT2D eigenvalue weighted by atomic mass is 10.0. The van der Waals surface area contributed by atoms with Crippen LogP contribution < -0.4 is 10.7 Å². The molecule has 0 unspecified atom stereocenters. The Hall–Kier alpha value is -2.95. The summed E-state index contributed by atoms with van der Waals surface area (Å²) < 4.78 is 0. The van der Waals surface area contributed by atoms with Crippen molar-refractivity contribution in [2.24, 2.45) is 5.10 Å². The van der Waals surface area contributed by atoms with Crippen molar-refractivity contribution < 1.29 is 9.59 Å². The maximum atomic E-state index is 12.1. The Morgan fingerprint density at radius 3 is 2.08 bits per heavy atom. The Labute approximate surface area is 154 Å². The van der Waals surface area contributed by atoms with E-state index in [0.717, 1.165) is 33.5 Å². The highest BCUT2D eigenvalue weighted by Gasteiger charge is 2.10. The summed E-state index contributed by atoms with van der Waals surface area (Å²) in [6.07, 6.45) is 1.77. The molecule has 0 radical (unpaired) electrons. The number of anilines is 1. The maximum Gasteiger partial charge on any atom is 0.240 e. The fourth-order valence-electron chi connectivity index (χ4n) is 2.69. The number of carbonyl (C=O) groups excluding carboxylic acids is 2. The number of carbonyl (C=O) groups is 2. The Bertz CT molecular complexity index is 801. The summed E-state index contributed by atoms with van der Waals surface area (Å²) in [7, 11) is 0. The number of rotatable bonds is 6. The van der Waals surface area contributed by atoms with Crippen LogP contribution in [-0.2, 0) is 9.59 Å². The van der Waals surface area contributed by atoms with Crippen LogP contribution in [0, 0.1) is 27.7 Å². The highest BCUT2D eigenvalue weighted by atomic mass is 16.2. The van der Waals surface area contributed by atoms with Crippen LogP contribution in [0.25, 0.3) is 0 Å². The van der Waals surface area contributed by atoms with Crippen LogP contribution in [0.4, 0.5) is 5.69 Å². The van der Waals surface area contributed by atoms with Gasteiger partial charge in [-0.2, -0.15) is 5.10 Å². The minimum Gasteiger partial charge on any atom is -0.326 e. The number of nitrogens with zero attached hydrogens (tertiary/aromatic N) is 1. The van der Waals surface area contributed by atoms with E-state index in [1.807, 2.05) is 64.1 Å². The molecule has 0 fully saturated rings. The molecular weight excluding hydrogens is 326 g/mol. The molecule has 5 heteroatoms. The minimum absolute atomic E-state index is 0.0844. The van der Waals surface area contributed by atoms with E-state index in [-0.39, 0.29) is 24.7 Å². The fourth-order valence-corrected chi connectivity index (χ4v) is 2.69. The lowest BCUT2D eigenvalue weighted by Crippen LogP contribution is -2.21. The Kier molecular flexibility index (Phi) is 6.67. The number of amides is 2. The predicted molar refractivity (Wildman–Crippen MR) is 105 cm³/mol. The van der Waals surface area contributed by atoms with Crippen LogP contribution in [-0.4, -0.2) is 18.0 Å². The van der Waals surface area contributed by atoms with Crippen LogP contribution in [0.5, 0.6) is 0 Å². The average molecular weight is 351 g/mol. The molecule has 0 aromatic heterocycles. The molecule has 0 saturated heterocycles.